The number of halogens is 1. The van der Waals surface area contributed by atoms with E-state index in [1.807, 2.05) is 6.07 Å². The van der Waals surface area contributed by atoms with Crippen LogP contribution in [0.25, 0.3) is 0 Å². The molecule has 2 rings (SSSR count). The molecule has 0 unspecified atom stereocenters. The number of nitrogens with one attached hydrogen (secondary N) is 1. The van der Waals surface area contributed by atoms with Gasteiger partial charge in [0.05, 0.1) is 9.82 Å². The van der Waals surface area contributed by atoms with E-state index in [0.29, 0.717) is 5.75 Å². The van der Waals surface area contributed by atoms with Crippen molar-refractivity contribution in [2.75, 3.05) is 11.3 Å². The first kappa shape index (κ1) is 17.5. The third-order valence-electron chi connectivity index (χ3n) is 2.83. The molecule has 0 radical (unpaired) electrons. The lowest BCUT2D eigenvalue weighted by Gasteiger charge is -2.09. The number of rotatable bonds is 6. The van der Waals surface area contributed by atoms with Crippen LogP contribution in [0.15, 0.2) is 47.4 Å². The Balaban J connectivity index is 2.24. The molecule has 8 nitrogen and oxygen atoms in total. The van der Waals surface area contributed by atoms with Crippen LogP contribution in [-0.4, -0.2) is 19.9 Å². The zero-order valence-electron chi connectivity index (χ0n) is 12.0. The highest BCUT2D eigenvalue weighted by atomic mass is 35.5. The van der Waals surface area contributed by atoms with Gasteiger partial charge in [0.2, 0.25) is 0 Å². The van der Waals surface area contributed by atoms with Gasteiger partial charge in [0, 0.05) is 11.8 Å². The molecule has 0 heterocycles. The monoisotopic (exact) mass is 367 g/mol. The summed E-state index contributed by atoms with van der Waals surface area (Å²) in [6.07, 6.45) is 0. The number of nitro groups is 1. The minimum Gasteiger partial charge on any atom is -0.479 e. The van der Waals surface area contributed by atoms with Gasteiger partial charge in [-0.1, -0.05) is 11.6 Å². The summed E-state index contributed by atoms with van der Waals surface area (Å²) < 4.78 is 31.9. The van der Waals surface area contributed by atoms with Crippen LogP contribution in [0.4, 0.5) is 11.4 Å². The Labute approximate surface area is 142 Å². The Kier molecular flexibility index (Phi) is 5.23. The molecule has 0 saturated heterocycles. The van der Waals surface area contributed by atoms with E-state index in [2.05, 4.69) is 4.72 Å². The Morgan fingerprint density at radius 1 is 1.25 bits per heavy atom. The van der Waals surface area contributed by atoms with Crippen LogP contribution in [-0.2, 0) is 10.0 Å². The van der Waals surface area contributed by atoms with Crippen molar-refractivity contribution < 1.29 is 18.1 Å². The standard InChI is InChI=1S/C14H10ClN3O5S/c15-13-6-5-12(9-14(13)18(19)20)24(21,22)17-10-1-3-11(4-2-10)23-8-7-16/h1-6,9,17H,8H2. The number of sulfonamides is 1. The van der Waals surface area contributed by atoms with Crippen molar-refractivity contribution in [2.24, 2.45) is 0 Å². The quantitative estimate of drug-likeness (QED) is 0.618. The maximum absolute atomic E-state index is 12.3. The fourth-order valence-corrected chi connectivity index (χ4v) is 3.01. The predicted octanol–water partition coefficient (Wildman–Crippen LogP) is 2.95. The molecule has 0 bridgehead atoms. The summed E-state index contributed by atoms with van der Waals surface area (Å²) in [6, 6.07) is 10.9. The molecule has 124 valence electrons. The van der Waals surface area contributed by atoms with Crippen molar-refractivity contribution in [2.45, 2.75) is 4.90 Å². The smallest absolute Gasteiger partial charge is 0.289 e. The number of anilines is 1. The normalized spacial score (nSPS) is 10.7. The minimum atomic E-state index is -4.02. The molecule has 0 aliphatic carbocycles. The van der Waals surface area contributed by atoms with Crippen LogP contribution < -0.4 is 9.46 Å². The molecule has 0 amide bonds. The molecular formula is C14H10ClN3O5S. The number of benzene rings is 2. The second-order valence-electron chi connectivity index (χ2n) is 4.45. The Bertz CT molecular complexity index is 907. The van der Waals surface area contributed by atoms with Crippen LogP contribution in [0.1, 0.15) is 0 Å². The molecule has 0 aliphatic heterocycles. The lowest BCUT2D eigenvalue weighted by atomic mass is 10.3. The summed E-state index contributed by atoms with van der Waals surface area (Å²) in [5, 5.41) is 19.1. The van der Waals surface area contributed by atoms with Gasteiger partial charge < -0.3 is 4.74 Å². The number of hydrogen-bond donors (Lipinski definition) is 1. The van der Waals surface area contributed by atoms with Crippen LogP contribution >= 0.6 is 11.6 Å². The highest BCUT2D eigenvalue weighted by Gasteiger charge is 2.20. The molecular weight excluding hydrogens is 358 g/mol. The SMILES string of the molecule is N#CCOc1ccc(NS(=O)(=O)c2ccc(Cl)c([N+](=O)[O-])c2)cc1. The summed E-state index contributed by atoms with van der Waals surface area (Å²) in [5.74, 6) is 0.404. The van der Waals surface area contributed by atoms with Crippen LogP contribution in [0.2, 0.25) is 5.02 Å². The zero-order chi connectivity index (χ0) is 17.7. The molecule has 0 atom stereocenters. The summed E-state index contributed by atoms with van der Waals surface area (Å²) in [6.45, 7) is -0.125. The first-order valence-corrected chi connectivity index (χ1v) is 8.26. The van der Waals surface area contributed by atoms with E-state index in [-0.39, 0.29) is 22.2 Å². The van der Waals surface area contributed by atoms with E-state index in [9.17, 15) is 18.5 Å². The van der Waals surface area contributed by atoms with Crippen molar-refractivity contribution in [1.29, 1.82) is 5.26 Å². The average molecular weight is 368 g/mol. The van der Waals surface area contributed by atoms with Gasteiger partial charge in [0.25, 0.3) is 15.7 Å². The van der Waals surface area contributed by atoms with Gasteiger partial charge in [-0.25, -0.2) is 8.42 Å². The maximum atomic E-state index is 12.3. The zero-order valence-corrected chi connectivity index (χ0v) is 13.5. The van der Waals surface area contributed by atoms with Gasteiger partial charge in [-0.15, -0.1) is 0 Å². The molecule has 0 aliphatic rings. The van der Waals surface area contributed by atoms with Crippen molar-refractivity contribution in [3.63, 3.8) is 0 Å². The number of nitriles is 1. The van der Waals surface area contributed by atoms with E-state index in [4.69, 9.17) is 21.6 Å². The van der Waals surface area contributed by atoms with Gasteiger partial charge in [0.15, 0.2) is 6.61 Å². The topological polar surface area (TPSA) is 122 Å². The summed E-state index contributed by atoms with van der Waals surface area (Å²) in [4.78, 5) is 9.80. The highest BCUT2D eigenvalue weighted by Crippen LogP contribution is 2.28. The molecule has 2 aromatic carbocycles. The Morgan fingerprint density at radius 2 is 1.92 bits per heavy atom. The molecule has 0 spiro atoms. The van der Waals surface area contributed by atoms with E-state index in [0.717, 1.165) is 12.1 Å². The highest BCUT2D eigenvalue weighted by molar-refractivity contribution is 7.92. The Hall–Kier alpha value is -2.83. The minimum absolute atomic E-state index is 0.125. The average Bonchev–Trinajstić information content (AvgIpc) is 2.54. The molecule has 1 N–H and O–H groups in total. The molecule has 0 saturated carbocycles. The molecule has 0 aromatic heterocycles. The second-order valence-corrected chi connectivity index (χ2v) is 6.54. The van der Waals surface area contributed by atoms with E-state index >= 15 is 0 Å². The van der Waals surface area contributed by atoms with Crippen LogP contribution in [0.5, 0.6) is 5.75 Å². The van der Waals surface area contributed by atoms with Crippen molar-refractivity contribution >= 4 is 33.0 Å². The van der Waals surface area contributed by atoms with Crippen molar-refractivity contribution in [3.05, 3.63) is 57.6 Å². The number of nitrogens with zero attached hydrogens (tertiary/aromatic N) is 2. The first-order valence-electron chi connectivity index (χ1n) is 6.40. The molecule has 10 heteroatoms. The van der Waals surface area contributed by atoms with E-state index < -0.39 is 20.6 Å². The largest absolute Gasteiger partial charge is 0.479 e. The summed E-state index contributed by atoms with van der Waals surface area (Å²) in [7, 11) is -4.02. The fourth-order valence-electron chi connectivity index (χ4n) is 1.75. The van der Waals surface area contributed by atoms with Gasteiger partial charge in [-0.05, 0) is 36.4 Å². The fraction of sp³-hybridized carbons (Fsp3) is 0.0714. The molecule has 0 fully saturated rings. The maximum Gasteiger partial charge on any atom is 0.289 e. The van der Waals surface area contributed by atoms with Crippen molar-refractivity contribution in [1.82, 2.24) is 0 Å². The summed E-state index contributed by atoms with van der Waals surface area (Å²) >= 11 is 5.67. The third-order valence-corrected chi connectivity index (χ3v) is 4.53. The number of ether oxygens (including phenoxy) is 1. The van der Waals surface area contributed by atoms with Crippen LogP contribution in [0, 0.1) is 21.4 Å². The van der Waals surface area contributed by atoms with Crippen LogP contribution in [0.3, 0.4) is 0 Å². The van der Waals surface area contributed by atoms with Gasteiger partial charge in [-0.2, -0.15) is 5.26 Å². The van der Waals surface area contributed by atoms with Gasteiger partial charge >= 0.3 is 0 Å². The lowest BCUT2D eigenvalue weighted by molar-refractivity contribution is -0.384. The molecule has 24 heavy (non-hydrogen) atoms. The summed E-state index contributed by atoms with van der Waals surface area (Å²) in [5.41, 5.74) is -0.267. The third kappa shape index (κ3) is 4.13. The number of nitro benzene ring substituents is 1. The predicted molar refractivity (Wildman–Crippen MR) is 86.5 cm³/mol. The second kappa shape index (κ2) is 7.16. The first-order chi connectivity index (χ1) is 11.3. The number of hydrogen-bond acceptors (Lipinski definition) is 6. The van der Waals surface area contributed by atoms with Gasteiger partial charge in [0.1, 0.15) is 16.8 Å². The lowest BCUT2D eigenvalue weighted by Crippen LogP contribution is -2.13. The van der Waals surface area contributed by atoms with E-state index in [1.165, 1.54) is 30.3 Å². The molecule has 2 aromatic rings. The van der Waals surface area contributed by atoms with E-state index in [1.54, 1.807) is 0 Å². The van der Waals surface area contributed by atoms with Gasteiger partial charge in [-0.3, -0.25) is 14.8 Å². The Morgan fingerprint density at radius 3 is 2.50 bits per heavy atom. The van der Waals surface area contributed by atoms with Crippen molar-refractivity contribution in [3.8, 4) is 11.8 Å².